The fourth-order valence-electron chi connectivity index (χ4n) is 2.64. The molecule has 0 atom stereocenters. The number of amides is 1. The Balaban J connectivity index is 1.84. The van der Waals surface area contributed by atoms with Crippen LogP contribution in [0.2, 0.25) is 0 Å². The third-order valence-electron chi connectivity index (χ3n) is 4.11. The van der Waals surface area contributed by atoms with E-state index in [0.29, 0.717) is 6.04 Å². The van der Waals surface area contributed by atoms with Crippen molar-refractivity contribution in [3.05, 3.63) is 27.8 Å². The molecule has 0 heterocycles. The molecule has 2 rings (SSSR count). The van der Waals surface area contributed by atoms with E-state index in [4.69, 9.17) is 4.74 Å². The van der Waals surface area contributed by atoms with Gasteiger partial charge in [-0.3, -0.25) is 4.79 Å². The van der Waals surface area contributed by atoms with Gasteiger partial charge in [-0.2, -0.15) is 0 Å². The lowest BCUT2D eigenvalue weighted by atomic mass is 9.87. The summed E-state index contributed by atoms with van der Waals surface area (Å²) in [6, 6.07) is 8.15. The Hall–Kier alpha value is -0.780. The average Bonchev–Trinajstić information content (AvgIpc) is 2.46. The van der Waals surface area contributed by atoms with Crippen molar-refractivity contribution in [3.63, 3.8) is 0 Å². The average molecular weight is 387 g/mol. The van der Waals surface area contributed by atoms with Gasteiger partial charge in [0.2, 0.25) is 0 Å². The molecular weight excluding hydrogens is 365 g/mol. The van der Waals surface area contributed by atoms with E-state index in [1.165, 1.54) is 12.8 Å². The predicted octanol–water partition coefficient (Wildman–Crippen LogP) is 3.71. The molecule has 0 unspecified atom stereocenters. The fourth-order valence-corrected chi connectivity index (χ4v) is 3.18. The molecule has 0 bridgehead atoms. The largest absolute Gasteiger partial charge is 0.483 e. The highest BCUT2D eigenvalue weighted by Gasteiger charge is 2.24. The Morgan fingerprint density at radius 2 is 1.95 bits per heavy atom. The number of hydrogen-bond donors (Lipinski definition) is 0. The maximum absolute atomic E-state index is 12.2. The molecule has 20 heavy (non-hydrogen) atoms. The second-order valence-electron chi connectivity index (χ2n) is 5.64. The molecule has 4 heteroatoms. The summed E-state index contributed by atoms with van der Waals surface area (Å²) in [5, 5.41) is 0. The lowest BCUT2D eigenvalue weighted by Crippen LogP contribution is -2.41. The fraction of sp³-hybridized carbons (Fsp3) is 0.562. The number of ether oxygens (including phenoxy) is 1. The number of para-hydroxylation sites is 1. The highest BCUT2D eigenvalue weighted by Crippen LogP contribution is 2.26. The van der Waals surface area contributed by atoms with Crippen LogP contribution >= 0.6 is 22.6 Å². The zero-order valence-electron chi connectivity index (χ0n) is 12.1. The van der Waals surface area contributed by atoms with Crippen LogP contribution in [0.4, 0.5) is 0 Å². The molecule has 1 aromatic rings. The monoisotopic (exact) mass is 387 g/mol. The Kier molecular flexibility index (Phi) is 5.69. The minimum absolute atomic E-state index is 0.0733. The summed E-state index contributed by atoms with van der Waals surface area (Å²) in [6.45, 7) is 2.42. The van der Waals surface area contributed by atoms with Crippen molar-refractivity contribution in [3.8, 4) is 5.75 Å². The van der Waals surface area contributed by atoms with Crippen LogP contribution in [-0.4, -0.2) is 30.5 Å². The zero-order chi connectivity index (χ0) is 14.5. The minimum atomic E-state index is 0.0733. The molecule has 1 aromatic carbocycles. The second kappa shape index (κ2) is 7.29. The molecule has 1 saturated carbocycles. The first kappa shape index (κ1) is 15.6. The first-order chi connectivity index (χ1) is 9.58. The Labute approximate surface area is 134 Å². The normalized spacial score (nSPS) is 22.4. The maximum Gasteiger partial charge on any atom is 0.260 e. The number of hydrogen-bond acceptors (Lipinski definition) is 2. The van der Waals surface area contributed by atoms with Crippen molar-refractivity contribution in [2.45, 2.75) is 38.6 Å². The molecule has 0 saturated heterocycles. The van der Waals surface area contributed by atoms with Gasteiger partial charge in [-0.1, -0.05) is 19.1 Å². The van der Waals surface area contributed by atoms with Crippen molar-refractivity contribution < 1.29 is 9.53 Å². The smallest absolute Gasteiger partial charge is 0.260 e. The van der Waals surface area contributed by atoms with Gasteiger partial charge in [0, 0.05) is 13.1 Å². The Morgan fingerprint density at radius 1 is 1.30 bits per heavy atom. The molecule has 0 aliphatic heterocycles. The number of likely N-dealkylation sites (N-methyl/N-ethyl adjacent to an activating group) is 1. The van der Waals surface area contributed by atoms with Crippen molar-refractivity contribution in [2.24, 2.45) is 5.92 Å². The van der Waals surface area contributed by atoms with Gasteiger partial charge in [0.25, 0.3) is 5.91 Å². The third kappa shape index (κ3) is 4.11. The standard InChI is InChI=1S/C16H22INO2/c1-12-7-9-13(10-8-12)18(2)16(19)11-20-15-6-4-3-5-14(15)17/h3-6,12-13H,7-11H2,1-2H3. The topological polar surface area (TPSA) is 29.5 Å². The Morgan fingerprint density at radius 3 is 2.60 bits per heavy atom. The van der Waals surface area contributed by atoms with Gasteiger partial charge in [0.15, 0.2) is 6.61 Å². The summed E-state index contributed by atoms with van der Waals surface area (Å²) >= 11 is 2.22. The zero-order valence-corrected chi connectivity index (χ0v) is 14.3. The van der Waals surface area contributed by atoms with Crippen LogP contribution in [-0.2, 0) is 4.79 Å². The molecule has 0 aromatic heterocycles. The molecule has 1 fully saturated rings. The van der Waals surface area contributed by atoms with Crippen LogP contribution in [0.3, 0.4) is 0 Å². The van der Waals surface area contributed by atoms with E-state index in [0.717, 1.165) is 28.1 Å². The first-order valence-corrected chi connectivity index (χ1v) is 8.28. The highest BCUT2D eigenvalue weighted by molar-refractivity contribution is 14.1. The van der Waals surface area contributed by atoms with Crippen molar-refractivity contribution in [2.75, 3.05) is 13.7 Å². The quantitative estimate of drug-likeness (QED) is 0.738. The number of carbonyl (C=O) groups is 1. The Bertz CT molecular complexity index is 456. The molecule has 0 radical (unpaired) electrons. The van der Waals surface area contributed by atoms with Crippen LogP contribution in [0, 0.1) is 9.49 Å². The molecule has 0 N–H and O–H groups in total. The van der Waals surface area contributed by atoms with Gasteiger partial charge < -0.3 is 9.64 Å². The predicted molar refractivity (Wildman–Crippen MR) is 88.8 cm³/mol. The first-order valence-electron chi connectivity index (χ1n) is 7.21. The molecule has 1 aliphatic carbocycles. The van der Waals surface area contributed by atoms with Crippen molar-refractivity contribution in [1.82, 2.24) is 4.90 Å². The summed E-state index contributed by atoms with van der Waals surface area (Å²) in [6.07, 6.45) is 4.68. The van der Waals surface area contributed by atoms with Crippen LogP contribution in [0.25, 0.3) is 0 Å². The van der Waals surface area contributed by atoms with Crippen LogP contribution in [0.1, 0.15) is 32.6 Å². The van der Waals surface area contributed by atoms with Crippen LogP contribution in [0.15, 0.2) is 24.3 Å². The van der Waals surface area contributed by atoms with E-state index in [-0.39, 0.29) is 12.5 Å². The summed E-state index contributed by atoms with van der Waals surface area (Å²) in [5.74, 6) is 1.66. The summed E-state index contributed by atoms with van der Waals surface area (Å²) in [7, 11) is 1.91. The molecule has 0 spiro atoms. The highest BCUT2D eigenvalue weighted by atomic mass is 127. The summed E-state index contributed by atoms with van der Waals surface area (Å²) in [5.41, 5.74) is 0. The number of carbonyl (C=O) groups excluding carboxylic acids is 1. The minimum Gasteiger partial charge on any atom is -0.483 e. The van der Waals surface area contributed by atoms with Crippen LogP contribution < -0.4 is 4.74 Å². The molecular formula is C16H22INO2. The van der Waals surface area contributed by atoms with E-state index >= 15 is 0 Å². The van der Waals surface area contributed by atoms with Gasteiger partial charge in [0.05, 0.1) is 3.57 Å². The summed E-state index contributed by atoms with van der Waals surface area (Å²) in [4.78, 5) is 14.1. The van der Waals surface area contributed by atoms with E-state index in [1.54, 1.807) is 0 Å². The number of nitrogens with zero attached hydrogens (tertiary/aromatic N) is 1. The number of benzene rings is 1. The summed E-state index contributed by atoms with van der Waals surface area (Å²) < 4.78 is 6.67. The molecule has 1 aliphatic rings. The van der Waals surface area contributed by atoms with Gasteiger partial charge >= 0.3 is 0 Å². The molecule has 1 amide bonds. The number of halogens is 1. The number of rotatable bonds is 4. The maximum atomic E-state index is 12.2. The van der Waals surface area contributed by atoms with E-state index in [2.05, 4.69) is 29.5 Å². The van der Waals surface area contributed by atoms with E-state index < -0.39 is 0 Å². The van der Waals surface area contributed by atoms with Crippen LogP contribution in [0.5, 0.6) is 5.75 Å². The third-order valence-corrected chi connectivity index (χ3v) is 5.01. The lowest BCUT2D eigenvalue weighted by Gasteiger charge is -2.33. The lowest BCUT2D eigenvalue weighted by molar-refractivity contribution is -0.134. The molecule has 3 nitrogen and oxygen atoms in total. The van der Waals surface area contributed by atoms with Gasteiger partial charge in [-0.25, -0.2) is 0 Å². The van der Waals surface area contributed by atoms with Gasteiger partial charge in [-0.15, -0.1) is 0 Å². The van der Waals surface area contributed by atoms with E-state index in [1.807, 2.05) is 36.2 Å². The second-order valence-corrected chi connectivity index (χ2v) is 6.80. The van der Waals surface area contributed by atoms with Crippen molar-refractivity contribution in [1.29, 1.82) is 0 Å². The van der Waals surface area contributed by atoms with Crippen molar-refractivity contribution >= 4 is 28.5 Å². The molecule has 110 valence electrons. The van der Waals surface area contributed by atoms with Gasteiger partial charge in [0.1, 0.15) is 5.75 Å². The SMILES string of the molecule is CC1CCC(N(C)C(=O)COc2ccccc2I)CC1. The van der Waals surface area contributed by atoms with E-state index in [9.17, 15) is 4.79 Å². The van der Waals surface area contributed by atoms with Gasteiger partial charge in [-0.05, 0) is 66.3 Å².